The fourth-order valence-electron chi connectivity index (χ4n) is 1.52. The van der Waals surface area contributed by atoms with Gasteiger partial charge in [0.05, 0.1) is 12.7 Å². The van der Waals surface area contributed by atoms with Gasteiger partial charge >= 0.3 is 0 Å². The largest absolute Gasteiger partial charge is 0.394 e. The monoisotopic (exact) mass is 209 g/mol. The van der Waals surface area contributed by atoms with E-state index in [2.05, 4.69) is 0 Å². The Balaban J connectivity index is 3.02. The molecule has 0 saturated heterocycles. The summed E-state index contributed by atoms with van der Waals surface area (Å²) in [4.78, 5) is 1.97. The highest BCUT2D eigenvalue weighted by Crippen LogP contribution is 2.26. The van der Waals surface area contributed by atoms with E-state index in [1.165, 1.54) is 0 Å². The van der Waals surface area contributed by atoms with Crippen molar-refractivity contribution in [3.63, 3.8) is 0 Å². The first-order valence-electron chi connectivity index (χ1n) is 5.18. The van der Waals surface area contributed by atoms with Crippen molar-refractivity contribution in [3.05, 3.63) is 29.8 Å². The maximum Gasteiger partial charge on any atom is 0.0781 e. The molecule has 0 radical (unpaired) electrons. The van der Waals surface area contributed by atoms with Gasteiger partial charge in [0.1, 0.15) is 0 Å². The number of hydrogen-bond donors (Lipinski definition) is 2. The Morgan fingerprint density at radius 1 is 1.27 bits per heavy atom. The van der Waals surface area contributed by atoms with Gasteiger partial charge in [-0.15, -0.1) is 0 Å². The van der Waals surface area contributed by atoms with E-state index in [4.69, 9.17) is 5.11 Å². The van der Waals surface area contributed by atoms with Crippen molar-refractivity contribution >= 4 is 5.69 Å². The summed E-state index contributed by atoms with van der Waals surface area (Å²) >= 11 is 0. The summed E-state index contributed by atoms with van der Waals surface area (Å²) in [7, 11) is 1.92. The highest BCUT2D eigenvalue weighted by molar-refractivity contribution is 5.54. The lowest BCUT2D eigenvalue weighted by Crippen LogP contribution is -2.32. The maximum atomic E-state index is 9.62. The van der Waals surface area contributed by atoms with Crippen LogP contribution in [0.5, 0.6) is 0 Å². The zero-order valence-corrected chi connectivity index (χ0v) is 9.51. The number of hydrogen-bond acceptors (Lipinski definition) is 3. The number of anilines is 1. The van der Waals surface area contributed by atoms with Gasteiger partial charge in [-0.1, -0.05) is 18.2 Å². The normalized spacial score (nSPS) is 14.7. The molecular formula is C12H19NO2. The standard InChI is InChI=1S/C12H19NO2/c1-9(8-14)13(3)12-7-5-4-6-11(12)10(2)15/h4-7,9-10,14-15H,8H2,1-3H3/t9?,10-/m1/s1. The number of rotatable bonds is 4. The lowest BCUT2D eigenvalue weighted by atomic mass is 10.1. The van der Waals surface area contributed by atoms with Gasteiger partial charge in [-0.25, -0.2) is 0 Å². The van der Waals surface area contributed by atoms with E-state index in [1.807, 2.05) is 43.1 Å². The summed E-state index contributed by atoms with van der Waals surface area (Å²) in [5.74, 6) is 0. The van der Waals surface area contributed by atoms with Gasteiger partial charge in [0, 0.05) is 24.3 Å². The second kappa shape index (κ2) is 5.14. The SMILES string of the molecule is CC(CO)N(C)c1ccccc1[C@@H](C)O. The predicted molar refractivity (Wildman–Crippen MR) is 62.0 cm³/mol. The van der Waals surface area contributed by atoms with Crippen LogP contribution in [0.15, 0.2) is 24.3 Å². The Morgan fingerprint density at radius 3 is 2.40 bits per heavy atom. The topological polar surface area (TPSA) is 43.7 Å². The molecule has 1 aromatic carbocycles. The molecule has 84 valence electrons. The third-order valence-electron chi connectivity index (χ3n) is 2.69. The molecule has 1 aromatic rings. The van der Waals surface area contributed by atoms with Gasteiger partial charge in [-0.2, -0.15) is 0 Å². The minimum absolute atomic E-state index is 0.0462. The van der Waals surface area contributed by atoms with E-state index in [9.17, 15) is 5.11 Å². The third-order valence-corrected chi connectivity index (χ3v) is 2.69. The number of nitrogens with zero attached hydrogens (tertiary/aromatic N) is 1. The Kier molecular flexibility index (Phi) is 4.12. The van der Waals surface area contributed by atoms with Crippen LogP contribution in [0.2, 0.25) is 0 Å². The minimum Gasteiger partial charge on any atom is -0.394 e. The number of likely N-dealkylation sites (N-methyl/N-ethyl adjacent to an activating group) is 1. The fraction of sp³-hybridized carbons (Fsp3) is 0.500. The van der Waals surface area contributed by atoms with Gasteiger partial charge in [0.25, 0.3) is 0 Å². The molecule has 0 spiro atoms. The van der Waals surface area contributed by atoms with Crippen molar-refractivity contribution in [2.45, 2.75) is 26.0 Å². The molecule has 0 aromatic heterocycles. The zero-order chi connectivity index (χ0) is 11.4. The molecular weight excluding hydrogens is 190 g/mol. The van der Waals surface area contributed by atoms with E-state index < -0.39 is 6.10 Å². The van der Waals surface area contributed by atoms with Gasteiger partial charge in [-0.05, 0) is 19.9 Å². The molecule has 3 heteroatoms. The van der Waals surface area contributed by atoms with Crippen LogP contribution in [0.3, 0.4) is 0 Å². The second-order valence-electron chi connectivity index (χ2n) is 3.88. The Bertz CT molecular complexity index is 312. The Morgan fingerprint density at radius 2 is 1.87 bits per heavy atom. The summed E-state index contributed by atoms with van der Waals surface area (Å²) in [6.07, 6.45) is -0.491. The Labute approximate surface area is 91.0 Å². The van der Waals surface area contributed by atoms with E-state index in [0.29, 0.717) is 0 Å². The van der Waals surface area contributed by atoms with E-state index >= 15 is 0 Å². The van der Waals surface area contributed by atoms with Crippen LogP contribution in [0.1, 0.15) is 25.5 Å². The fourth-order valence-corrected chi connectivity index (χ4v) is 1.52. The van der Waals surface area contributed by atoms with Crippen molar-refractivity contribution < 1.29 is 10.2 Å². The molecule has 0 aliphatic rings. The second-order valence-corrected chi connectivity index (χ2v) is 3.88. The molecule has 0 amide bonds. The first-order chi connectivity index (χ1) is 7.07. The predicted octanol–water partition coefficient (Wildman–Crippen LogP) is 1.56. The van der Waals surface area contributed by atoms with Gasteiger partial charge in [-0.3, -0.25) is 0 Å². The molecule has 3 nitrogen and oxygen atoms in total. The highest BCUT2D eigenvalue weighted by atomic mass is 16.3. The number of para-hydroxylation sites is 1. The molecule has 0 heterocycles. The molecule has 0 aliphatic heterocycles. The van der Waals surface area contributed by atoms with Crippen LogP contribution in [-0.2, 0) is 0 Å². The quantitative estimate of drug-likeness (QED) is 0.791. The molecule has 0 fully saturated rings. The molecule has 1 rings (SSSR count). The number of aliphatic hydroxyl groups excluding tert-OH is 2. The average molecular weight is 209 g/mol. The first kappa shape index (κ1) is 12.0. The molecule has 1 unspecified atom stereocenters. The lowest BCUT2D eigenvalue weighted by Gasteiger charge is -2.28. The van der Waals surface area contributed by atoms with E-state index in [1.54, 1.807) is 6.92 Å². The molecule has 0 aliphatic carbocycles. The summed E-state index contributed by atoms with van der Waals surface area (Å²) in [6.45, 7) is 3.79. The summed E-state index contributed by atoms with van der Waals surface area (Å²) in [5.41, 5.74) is 1.86. The third kappa shape index (κ3) is 2.70. The highest BCUT2D eigenvalue weighted by Gasteiger charge is 2.14. The van der Waals surface area contributed by atoms with Crippen LogP contribution in [0, 0.1) is 0 Å². The van der Waals surface area contributed by atoms with Crippen molar-refractivity contribution in [2.24, 2.45) is 0 Å². The summed E-state index contributed by atoms with van der Waals surface area (Å²) in [6, 6.07) is 7.74. The van der Waals surface area contributed by atoms with Crippen LogP contribution < -0.4 is 4.90 Å². The van der Waals surface area contributed by atoms with Gasteiger partial charge in [0.2, 0.25) is 0 Å². The van der Waals surface area contributed by atoms with Crippen LogP contribution in [-0.4, -0.2) is 29.9 Å². The molecule has 0 bridgehead atoms. The van der Waals surface area contributed by atoms with Crippen molar-refractivity contribution in [1.82, 2.24) is 0 Å². The zero-order valence-electron chi connectivity index (χ0n) is 9.51. The minimum atomic E-state index is -0.491. The molecule has 0 saturated carbocycles. The van der Waals surface area contributed by atoms with Crippen molar-refractivity contribution in [3.8, 4) is 0 Å². The lowest BCUT2D eigenvalue weighted by molar-refractivity contribution is 0.199. The van der Waals surface area contributed by atoms with Gasteiger partial charge in [0.15, 0.2) is 0 Å². The van der Waals surface area contributed by atoms with Crippen LogP contribution in [0.4, 0.5) is 5.69 Å². The maximum absolute atomic E-state index is 9.62. The summed E-state index contributed by atoms with van der Waals surface area (Å²) in [5, 5.41) is 18.7. The summed E-state index contributed by atoms with van der Waals surface area (Å²) < 4.78 is 0. The molecule has 2 N–H and O–H groups in total. The van der Waals surface area contributed by atoms with Crippen LogP contribution in [0.25, 0.3) is 0 Å². The van der Waals surface area contributed by atoms with Gasteiger partial charge < -0.3 is 15.1 Å². The Hall–Kier alpha value is -1.06. The number of benzene rings is 1. The number of aliphatic hydroxyl groups is 2. The van der Waals surface area contributed by atoms with Crippen LogP contribution >= 0.6 is 0 Å². The van der Waals surface area contributed by atoms with Crippen molar-refractivity contribution in [1.29, 1.82) is 0 Å². The first-order valence-corrected chi connectivity index (χ1v) is 5.18. The van der Waals surface area contributed by atoms with E-state index in [0.717, 1.165) is 11.3 Å². The van der Waals surface area contributed by atoms with E-state index in [-0.39, 0.29) is 12.6 Å². The molecule has 2 atom stereocenters. The van der Waals surface area contributed by atoms with Crippen molar-refractivity contribution in [2.75, 3.05) is 18.6 Å². The smallest absolute Gasteiger partial charge is 0.0781 e. The molecule has 15 heavy (non-hydrogen) atoms. The average Bonchev–Trinajstić information content (AvgIpc) is 2.27.